The zero-order valence-electron chi connectivity index (χ0n) is 8.59. The average Bonchev–Trinajstić information content (AvgIpc) is 2.19. The van der Waals surface area contributed by atoms with E-state index in [0.29, 0.717) is 0 Å². The molecule has 0 aliphatic carbocycles. The van der Waals surface area contributed by atoms with E-state index in [0.717, 1.165) is 13.1 Å². The zero-order valence-corrected chi connectivity index (χ0v) is 8.59. The van der Waals surface area contributed by atoms with E-state index >= 15 is 0 Å². The van der Waals surface area contributed by atoms with Gasteiger partial charge in [-0.2, -0.15) is 0 Å². The van der Waals surface area contributed by atoms with Crippen molar-refractivity contribution in [3.63, 3.8) is 0 Å². The Balaban J connectivity index is 2.02. The van der Waals surface area contributed by atoms with Gasteiger partial charge in [0.05, 0.1) is 0 Å². The normalized spacial score (nSPS) is 20.4. The highest BCUT2D eigenvalue weighted by Gasteiger charge is 2.25. The highest BCUT2D eigenvalue weighted by Crippen LogP contribution is 2.22. The first-order chi connectivity index (χ1) is 6.79. The molecule has 0 radical (unpaired) electrons. The van der Waals surface area contributed by atoms with E-state index in [1.807, 2.05) is 24.5 Å². The molecule has 1 fully saturated rings. The fourth-order valence-electron chi connectivity index (χ4n) is 1.89. The molecule has 1 aliphatic heterocycles. The van der Waals surface area contributed by atoms with Crippen molar-refractivity contribution in [3.8, 4) is 0 Å². The predicted octanol–water partition coefficient (Wildman–Crippen LogP) is 1.64. The van der Waals surface area contributed by atoms with Crippen LogP contribution < -0.4 is 10.6 Å². The molecule has 1 aromatic rings. The van der Waals surface area contributed by atoms with Crippen molar-refractivity contribution in [2.75, 3.05) is 18.4 Å². The number of nitrogens with zero attached hydrogens (tertiary/aromatic N) is 1. The number of rotatable bonds is 2. The van der Waals surface area contributed by atoms with Crippen LogP contribution in [0.3, 0.4) is 0 Å². The lowest BCUT2D eigenvalue weighted by Gasteiger charge is -2.35. The third-order valence-corrected chi connectivity index (χ3v) is 2.83. The summed E-state index contributed by atoms with van der Waals surface area (Å²) >= 11 is 0. The molecule has 0 saturated carbocycles. The molecule has 3 heteroatoms. The summed E-state index contributed by atoms with van der Waals surface area (Å²) in [5, 5.41) is 6.95. The first-order valence-electron chi connectivity index (χ1n) is 5.17. The standard InChI is InChI=1S/C11H17N3/c1-11(4-8-13-9-5-11)14-10-2-6-12-7-3-10/h2-3,6-7,13H,4-5,8-9H2,1H3,(H,12,14). The van der Waals surface area contributed by atoms with Crippen LogP contribution in [0.2, 0.25) is 0 Å². The minimum absolute atomic E-state index is 0.243. The Kier molecular flexibility index (Phi) is 2.68. The zero-order chi connectivity index (χ0) is 9.86. The smallest absolute Gasteiger partial charge is 0.0375 e. The van der Waals surface area contributed by atoms with E-state index < -0.39 is 0 Å². The van der Waals surface area contributed by atoms with Crippen molar-refractivity contribution in [1.29, 1.82) is 0 Å². The van der Waals surface area contributed by atoms with Gasteiger partial charge in [-0.25, -0.2) is 0 Å². The molecule has 3 nitrogen and oxygen atoms in total. The molecule has 1 aliphatic rings. The second kappa shape index (κ2) is 3.96. The summed E-state index contributed by atoms with van der Waals surface area (Å²) < 4.78 is 0. The molecule has 2 rings (SSSR count). The Bertz CT molecular complexity index is 278. The summed E-state index contributed by atoms with van der Waals surface area (Å²) in [7, 11) is 0. The van der Waals surface area contributed by atoms with Crippen molar-refractivity contribution >= 4 is 5.69 Å². The monoisotopic (exact) mass is 191 g/mol. The lowest BCUT2D eigenvalue weighted by Crippen LogP contribution is -2.45. The molecule has 76 valence electrons. The van der Waals surface area contributed by atoms with E-state index in [4.69, 9.17) is 0 Å². The van der Waals surface area contributed by atoms with E-state index in [1.54, 1.807) is 0 Å². The highest BCUT2D eigenvalue weighted by atomic mass is 15.0. The molecule has 0 unspecified atom stereocenters. The third-order valence-electron chi connectivity index (χ3n) is 2.83. The van der Waals surface area contributed by atoms with Crippen LogP contribution in [0, 0.1) is 0 Å². The SMILES string of the molecule is CC1(Nc2ccncc2)CCNCC1. The van der Waals surface area contributed by atoms with Gasteiger partial charge < -0.3 is 10.6 Å². The van der Waals surface area contributed by atoms with Crippen LogP contribution in [-0.2, 0) is 0 Å². The fraction of sp³-hybridized carbons (Fsp3) is 0.545. The predicted molar refractivity (Wildman–Crippen MR) is 58.4 cm³/mol. The fourth-order valence-corrected chi connectivity index (χ4v) is 1.89. The van der Waals surface area contributed by atoms with Gasteiger partial charge in [0.25, 0.3) is 0 Å². The molecule has 2 N–H and O–H groups in total. The molecule has 14 heavy (non-hydrogen) atoms. The van der Waals surface area contributed by atoms with Gasteiger partial charge in [-0.3, -0.25) is 4.98 Å². The van der Waals surface area contributed by atoms with E-state index in [-0.39, 0.29) is 5.54 Å². The van der Waals surface area contributed by atoms with Gasteiger partial charge in [-0.05, 0) is 45.0 Å². The largest absolute Gasteiger partial charge is 0.380 e. The van der Waals surface area contributed by atoms with Crippen molar-refractivity contribution in [1.82, 2.24) is 10.3 Å². The summed E-state index contributed by atoms with van der Waals surface area (Å²) in [4.78, 5) is 4.01. The molecule has 0 aromatic carbocycles. The second-order valence-corrected chi connectivity index (χ2v) is 4.17. The molecule has 0 spiro atoms. The molecule has 0 atom stereocenters. The molecular formula is C11H17N3. The number of hydrogen-bond acceptors (Lipinski definition) is 3. The maximum atomic E-state index is 4.01. The Morgan fingerprint density at radius 2 is 1.93 bits per heavy atom. The van der Waals surface area contributed by atoms with Crippen LogP contribution in [0.5, 0.6) is 0 Å². The molecule has 2 heterocycles. The van der Waals surface area contributed by atoms with Crippen molar-refractivity contribution in [2.45, 2.75) is 25.3 Å². The van der Waals surface area contributed by atoms with Crippen LogP contribution in [0.25, 0.3) is 0 Å². The lowest BCUT2D eigenvalue weighted by molar-refractivity contribution is 0.365. The summed E-state index contributed by atoms with van der Waals surface area (Å²) in [6.45, 7) is 4.50. The first-order valence-corrected chi connectivity index (χ1v) is 5.17. The van der Waals surface area contributed by atoms with Gasteiger partial charge in [0, 0.05) is 23.6 Å². The molecular weight excluding hydrogens is 174 g/mol. The Labute approximate surface area is 84.9 Å². The number of hydrogen-bond donors (Lipinski definition) is 2. The topological polar surface area (TPSA) is 37.0 Å². The van der Waals surface area contributed by atoms with E-state index in [9.17, 15) is 0 Å². The van der Waals surface area contributed by atoms with Crippen LogP contribution in [0.15, 0.2) is 24.5 Å². The Morgan fingerprint density at radius 3 is 2.57 bits per heavy atom. The summed E-state index contributed by atoms with van der Waals surface area (Å²) in [6, 6.07) is 4.04. The minimum Gasteiger partial charge on any atom is -0.380 e. The van der Waals surface area contributed by atoms with Crippen molar-refractivity contribution in [3.05, 3.63) is 24.5 Å². The van der Waals surface area contributed by atoms with E-state index in [2.05, 4.69) is 22.5 Å². The van der Waals surface area contributed by atoms with Crippen LogP contribution >= 0.6 is 0 Å². The minimum atomic E-state index is 0.243. The highest BCUT2D eigenvalue weighted by molar-refractivity contribution is 5.43. The summed E-state index contributed by atoms with van der Waals surface area (Å²) in [5.74, 6) is 0. The van der Waals surface area contributed by atoms with Gasteiger partial charge in [0.2, 0.25) is 0 Å². The van der Waals surface area contributed by atoms with Gasteiger partial charge in [-0.15, -0.1) is 0 Å². The average molecular weight is 191 g/mol. The quantitative estimate of drug-likeness (QED) is 0.746. The van der Waals surface area contributed by atoms with Crippen LogP contribution in [-0.4, -0.2) is 23.6 Å². The number of pyridine rings is 1. The first kappa shape index (κ1) is 9.46. The lowest BCUT2D eigenvalue weighted by atomic mass is 9.90. The number of piperidine rings is 1. The number of nitrogens with one attached hydrogen (secondary N) is 2. The number of anilines is 1. The Morgan fingerprint density at radius 1 is 1.29 bits per heavy atom. The maximum absolute atomic E-state index is 4.01. The van der Waals surface area contributed by atoms with Gasteiger partial charge in [0.1, 0.15) is 0 Å². The van der Waals surface area contributed by atoms with Gasteiger partial charge >= 0.3 is 0 Å². The summed E-state index contributed by atoms with van der Waals surface area (Å²) in [5.41, 5.74) is 1.41. The van der Waals surface area contributed by atoms with Gasteiger partial charge in [0.15, 0.2) is 0 Å². The van der Waals surface area contributed by atoms with Gasteiger partial charge in [-0.1, -0.05) is 0 Å². The molecule has 1 aromatic heterocycles. The van der Waals surface area contributed by atoms with Crippen LogP contribution in [0.1, 0.15) is 19.8 Å². The van der Waals surface area contributed by atoms with Crippen molar-refractivity contribution in [2.24, 2.45) is 0 Å². The second-order valence-electron chi connectivity index (χ2n) is 4.17. The van der Waals surface area contributed by atoms with E-state index in [1.165, 1.54) is 18.5 Å². The van der Waals surface area contributed by atoms with Crippen LogP contribution in [0.4, 0.5) is 5.69 Å². The Hall–Kier alpha value is -1.09. The van der Waals surface area contributed by atoms with Crippen molar-refractivity contribution < 1.29 is 0 Å². The number of aromatic nitrogens is 1. The third kappa shape index (κ3) is 2.23. The molecule has 1 saturated heterocycles. The molecule has 0 amide bonds. The maximum Gasteiger partial charge on any atom is 0.0375 e. The summed E-state index contributed by atoms with van der Waals surface area (Å²) in [6.07, 6.45) is 6.00. The molecule has 0 bridgehead atoms.